The van der Waals surface area contributed by atoms with Crippen LogP contribution in [0.15, 0.2) is 46.2 Å². The highest BCUT2D eigenvalue weighted by atomic mass is 32.2. The number of nitrogens with zero attached hydrogens (tertiary/aromatic N) is 1. The predicted molar refractivity (Wildman–Crippen MR) is 96.4 cm³/mol. The summed E-state index contributed by atoms with van der Waals surface area (Å²) in [6.07, 6.45) is 1.54. The summed E-state index contributed by atoms with van der Waals surface area (Å²) in [6.45, 7) is 8.48. The molecule has 2 aromatic rings. The van der Waals surface area contributed by atoms with E-state index in [0.717, 1.165) is 11.3 Å². The number of pyridine rings is 1. The summed E-state index contributed by atoms with van der Waals surface area (Å²) in [5, 5.41) is 2.90. The Morgan fingerprint density at radius 2 is 1.87 bits per heavy atom. The van der Waals surface area contributed by atoms with Gasteiger partial charge in [0.25, 0.3) is 5.91 Å². The number of aromatic nitrogens is 1. The fourth-order valence-electron chi connectivity index (χ4n) is 2.12. The number of amides is 1. The third-order valence-electron chi connectivity index (χ3n) is 3.22. The monoisotopic (exact) mass is 330 g/mol. The van der Waals surface area contributed by atoms with Gasteiger partial charge in [-0.25, -0.2) is 0 Å². The van der Waals surface area contributed by atoms with Crippen LogP contribution in [0, 0.1) is 6.92 Å². The van der Waals surface area contributed by atoms with Gasteiger partial charge < -0.3 is 9.88 Å². The van der Waals surface area contributed by atoms with E-state index in [1.54, 1.807) is 18.8 Å². The molecule has 4 nitrogen and oxygen atoms in total. The number of hydrogen-bond donors (Lipinski definition) is 1. The maximum atomic E-state index is 12.3. The highest BCUT2D eigenvalue weighted by Crippen LogP contribution is 2.33. The Kier molecular flexibility index (Phi) is 5.00. The van der Waals surface area contributed by atoms with Crippen LogP contribution in [0.4, 0.5) is 5.69 Å². The summed E-state index contributed by atoms with van der Waals surface area (Å²) < 4.78 is 1.54. The van der Waals surface area contributed by atoms with Crippen molar-refractivity contribution in [2.24, 2.45) is 7.05 Å². The van der Waals surface area contributed by atoms with Crippen LogP contribution in [0.25, 0.3) is 0 Å². The number of aryl methyl sites for hydroxylation is 2. The van der Waals surface area contributed by atoms with Crippen molar-refractivity contribution >= 4 is 23.4 Å². The Balaban J connectivity index is 2.18. The van der Waals surface area contributed by atoms with Crippen molar-refractivity contribution in [3.05, 3.63) is 58.0 Å². The maximum Gasteiger partial charge on any atom is 0.257 e. The van der Waals surface area contributed by atoms with Gasteiger partial charge in [0.1, 0.15) is 0 Å². The molecule has 2 rings (SSSR count). The van der Waals surface area contributed by atoms with Crippen molar-refractivity contribution in [3.8, 4) is 0 Å². The van der Waals surface area contributed by atoms with E-state index < -0.39 is 0 Å². The topological polar surface area (TPSA) is 51.1 Å². The standard InChI is InChI=1S/C18H22N2O2S/c1-12-10-14(23-18(2,3)4)7-8-15(12)19-17(22)13-6-9-16(21)20(5)11-13/h6-11H,1-5H3,(H,19,22). The van der Waals surface area contributed by atoms with E-state index in [-0.39, 0.29) is 16.2 Å². The van der Waals surface area contributed by atoms with Gasteiger partial charge in [-0.3, -0.25) is 9.59 Å². The normalized spacial score (nSPS) is 11.3. The first-order valence-electron chi connectivity index (χ1n) is 7.43. The molecule has 23 heavy (non-hydrogen) atoms. The van der Waals surface area contributed by atoms with Crippen molar-refractivity contribution in [1.82, 2.24) is 4.57 Å². The van der Waals surface area contributed by atoms with E-state index in [9.17, 15) is 9.59 Å². The lowest BCUT2D eigenvalue weighted by molar-refractivity contribution is 0.102. The van der Waals surface area contributed by atoms with Crippen LogP contribution in [0.3, 0.4) is 0 Å². The number of rotatable bonds is 3. The molecule has 0 bridgehead atoms. The number of nitrogens with one attached hydrogen (secondary N) is 1. The van der Waals surface area contributed by atoms with Crippen LogP contribution in [-0.2, 0) is 7.05 Å². The highest BCUT2D eigenvalue weighted by molar-refractivity contribution is 8.00. The van der Waals surface area contributed by atoms with E-state index in [1.807, 2.05) is 19.1 Å². The molecule has 122 valence electrons. The molecule has 0 radical (unpaired) electrons. The minimum absolute atomic E-state index is 0.138. The first kappa shape index (κ1) is 17.3. The Hall–Kier alpha value is -2.01. The number of thioether (sulfide) groups is 1. The number of benzene rings is 1. The van der Waals surface area contributed by atoms with E-state index in [0.29, 0.717) is 5.56 Å². The molecule has 1 aromatic carbocycles. The minimum Gasteiger partial charge on any atom is -0.322 e. The lowest BCUT2D eigenvalue weighted by Gasteiger charge is -2.18. The molecule has 0 spiro atoms. The van der Waals surface area contributed by atoms with Gasteiger partial charge in [-0.15, -0.1) is 11.8 Å². The van der Waals surface area contributed by atoms with E-state index in [1.165, 1.54) is 27.8 Å². The average molecular weight is 330 g/mol. The molecule has 0 saturated carbocycles. The molecule has 1 N–H and O–H groups in total. The van der Waals surface area contributed by atoms with Gasteiger partial charge in [0, 0.05) is 34.6 Å². The molecule has 0 atom stereocenters. The van der Waals surface area contributed by atoms with Crippen LogP contribution in [0.5, 0.6) is 0 Å². The second-order valence-corrected chi connectivity index (χ2v) is 8.41. The number of carbonyl (C=O) groups is 1. The lowest BCUT2D eigenvalue weighted by Crippen LogP contribution is -2.19. The molecule has 1 heterocycles. The Bertz CT molecular complexity index is 788. The lowest BCUT2D eigenvalue weighted by atomic mass is 10.2. The van der Waals surface area contributed by atoms with Crippen molar-refractivity contribution in [2.45, 2.75) is 37.3 Å². The van der Waals surface area contributed by atoms with E-state index in [2.05, 4.69) is 32.2 Å². The Morgan fingerprint density at radius 3 is 2.43 bits per heavy atom. The summed E-state index contributed by atoms with van der Waals surface area (Å²) in [4.78, 5) is 24.9. The minimum atomic E-state index is -0.222. The number of anilines is 1. The first-order valence-corrected chi connectivity index (χ1v) is 8.25. The Labute approximate surface area is 140 Å². The van der Waals surface area contributed by atoms with Gasteiger partial charge in [0.2, 0.25) is 5.56 Å². The van der Waals surface area contributed by atoms with Gasteiger partial charge in [-0.1, -0.05) is 20.8 Å². The molecule has 0 aliphatic rings. The molecule has 0 aliphatic heterocycles. The SMILES string of the molecule is Cc1cc(SC(C)(C)C)ccc1NC(=O)c1ccc(=O)n(C)c1. The first-order chi connectivity index (χ1) is 10.7. The van der Waals surface area contributed by atoms with Crippen LogP contribution >= 0.6 is 11.8 Å². The second kappa shape index (κ2) is 6.62. The van der Waals surface area contributed by atoms with Gasteiger partial charge in [0.05, 0.1) is 5.56 Å². The van der Waals surface area contributed by atoms with Gasteiger partial charge in [0.15, 0.2) is 0 Å². The quantitative estimate of drug-likeness (QED) is 0.870. The predicted octanol–water partition coefficient (Wildman–Crippen LogP) is 3.84. The molecule has 0 aliphatic carbocycles. The molecule has 1 amide bonds. The maximum absolute atomic E-state index is 12.3. The highest BCUT2D eigenvalue weighted by Gasteiger charge is 2.14. The van der Waals surface area contributed by atoms with Crippen LogP contribution in [-0.4, -0.2) is 15.2 Å². The summed E-state index contributed by atoms with van der Waals surface area (Å²) in [5.74, 6) is -0.222. The second-order valence-electron chi connectivity index (χ2n) is 6.51. The molecular formula is C18H22N2O2S. The molecule has 1 aromatic heterocycles. The summed E-state index contributed by atoms with van der Waals surface area (Å²) >= 11 is 1.79. The van der Waals surface area contributed by atoms with Gasteiger partial charge in [-0.05, 0) is 36.8 Å². The van der Waals surface area contributed by atoms with E-state index >= 15 is 0 Å². The third kappa shape index (κ3) is 4.73. The van der Waals surface area contributed by atoms with Crippen molar-refractivity contribution in [3.63, 3.8) is 0 Å². The zero-order chi connectivity index (χ0) is 17.2. The van der Waals surface area contributed by atoms with Crippen molar-refractivity contribution in [1.29, 1.82) is 0 Å². The van der Waals surface area contributed by atoms with Gasteiger partial charge in [-0.2, -0.15) is 0 Å². The number of hydrogen-bond acceptors (Lipinski definition) is 3. The van der Waals surface area contributed by atoms with Crippen LogP contribution < -0.4 is 10.9 Å². The van der Waals surface area contributed by atoms with Crippen LogP contribution in [0.1, 0.15) is 36.7 Å². The summed E-state index contributed by atoms with van der Waals surface area (Å²) in [7, 11) is 1.63. The van der Waals surface area contributed by atoms with Crippen molar-refractivity contribution < 1.29 is 4.79 Å². The zero-order valence-corrected chi connectivity index (χ0v) is 15.0. The Morgan fingerprint density at radius 1 is 1.17 bits per heavy atom. The fraction of sp³-hybridized carbons (Fsp3) is 0.333. The largest absolute Gasteiger partial charge is 0.322 e. The van der Waals surface area contributed by atoms with E-state index in [4.69, 9.17) is 0 Å². The molecule has 0 unspecified atom stereocenters. The van der Waals surface area contributed by atoms with Crippen molar-refractivity contribution in [2.75, 3.05) is 5.32 Å². The summed E-state index contributed by atoms with van der Waals surface area (Å²) in [5.41, 5.74) is 2.11. The number of carbonyl (C=O) groups excluding carboxylic acids is 1. The molecule has 0 saturated heterocycles. The molecule has 5 heteroatoms. The average Bonchev–Trinajstić information content (AvgIpc) is 2.43. The third-order valence-corrected chi connectivity index (χ3v) is 4.32. The summed E-state index contributed by atoms with van der Waals surface area (Å²) in [6, 6.07) is 8.94. The molecular weight excluding hydrogens is 308 g/mol. The smallest absolute Gasteiger partial charge is 0.257 e. The van der Waals surface area contributed by atoms with Gasteiger partial charge >= 0.3 is 0 Å². The van der Waals surface area contributed by atoms with Crippen LogP contribution in [0.2, 0.25) is 0 Å². The molecule has 0 fully saturated rings. The fourth-order valence-corrected chi connectivity index (χ4v) is 3.20. The zero-order valence-electron chi connectivity index (χ0n) is 14.1.